The molecule has 0 aromatic carbocycles. The van der Waals surface area contributed by atoms with Crippen molar-refractivity contribution in [1.29, 1.82) is 0 Å². The molecule has 0 amide bonds. The average Bonchev–Trinajstić information content (AvgIpc) is 2.36. The summed E-state index contributed by atoms with van der Waals surface area (Å²) in [5.41, 5.74) is 0.478. The maximum Gasteiger partial charge on any atom is 0.391 e. The normalized spacial score (nSPS) is 19.8. The van der Waals surface area contributed by atoms with Crippen LogP contribution in [0.3, 0.4) is 0 Å². The van der Waals surface area contributed by atoms with Gasteiger partial charge in [0, 0.05) is 13.1 Å². The second kappa shape index (κ2) is 6.97. The lowest BCUT2D eigenvalue weighted by atomic mass is 9.98. The van der Waals surface area contributed by atoms with E-state index in [1.807, 2.05) is 4.72 Å². The Hall–Kier alpha value is -1.13. The number of nitrogens with one attached hydrogen (secondary N) is 1. The maximum atomic E-state index is 12.6. The van der Waals surface area contributed by atoms with Crippen LogP contribution in [0.2, 0.25) is 0 Å². The van der Waals surface area contributed by atoms with Crippen LogP contribution in [0.25, 0.3) is 0 Å². The van der Waals surface area contributed by atoms with Gasteiger partial charge in [0.05, 0.1) is 5.92 Å². The Labute approximate surface area is 127 Å². The minimum atomic E-state index is -4.34. The highest BCUT2D eigenvalue weighted by atomic mass is 32.2. The molecule has 1 aliphatic rings. The lowest BCUT2D eigenvalue weighted by Crippen LogP contribution is -2.51. The van der Waals surface area contributed by atoms with Gasteiger partial charge in [0.2, 0.25) is 0 Å². The van der Waals surface area contributed by atoms with Crippen molar-refractivity contribution in [3.63, 3.8) is 0 Å². The van der Waals surface area contributed by atoms with Crippen molar-refractivity contribution in [2.24, 2.45) is 5.92 Å². The smallest absolute Gasteiger partial charge is 0.391 e. The topological polar surface area (TPSA) is 86.7 Å². The molecule has 10 heteroatoms. The van der Waals surface area contributed by atoms with Crippen molar-refractivity contribution in [2.45, 2.75) is 38.4 Å². The fraction of sp³-hybridized carbons (Fsp3) is 0.750. The second-order valence-corrected chi connectivity index (χ2v) is 7.09. The zero-order valence-corrected chi connectivity index (χ0v) is 12.9. The fourth-order valence-corrected chi connectivity index (χ4v) is 3.59. The van der Waals surface area contributed by atoms with Crippen molar-refractivity contribution in [3.8, 4) is 0 Å². The van der Waals surface area contributed by atoms with Gasteiger partial charge >= 0.3 is 12.1 Å². The molecule has 1 aliphatic heterocycles. The monoisotopic (exact) mass is 344 g/mol. The third-order valence-corrected chi connectivity index (χ3v) is 5.03. The first-order valence-corrected chi connectivity index (χ1v) is 8.09. The van der Waals surface area contributed by atoms with Gasteiger partial charge in [-0.05, 0) is 26.2 Å². The van der Waals surface area contributed by atoms with Crippen LogP contribution in [-0.2, 0) is 15.0 Å². The Morgan fingerprint density at radius 2 is 1.91 bits per heavy atom. The van der Waals surface area contributed by atoms with Crippen LogP contribution in [0.15, 0.2) is 12.2 Å². The second-order valence-electron chi connectivity index (χ2n) is 5.39. The van der Waals surface area contributed by atoms with E-state index >= 15 is 0 Å². The summed E-state index contributed by atoms with van der Waals surface area (Å²) in [5.74, 6) is -2.89. The van der Waals surface area contributed by atoms with Gasteiger partial charge in [0.1, 0.15) is 6.04 Å². The van der Waals surface area contributed by atoms with E-state index in [1.54, 1.807) is 6.92 Å². The Morgan fingerprint density at radius 3 is 2.27 bits per heavy atom. The quantitative estimate of drug-likeness (QED) is 0.715. The Kier molecular flexibility index (Phi) is 5.99. The molecular formula is C12H19F3N2O4S. The third kappa shape index (κ3) is 5.25. The van der Waals surface area contributed by atoms with Crippen LogP contribution in [0.4, 0.5) is 13.2 Å². The molecule has 0 aromatic rings. The lowest BCUT2D eigenvalue weighted by molar-refractivity contribution is -0.182. The molecule has 0 bridgehead atoms. The first-order chi connectivity index (χ1) is 9.93. The van der Waals surface area contributed by atoms with Crippen LogP contribution in [0.5, 0.6) is 0 Å². The summed E-state index contributed by atoms with van der Waals surface area (Å²) in [7, 11) is -4.15. The fourth-order valence-electron chi connectivity index (χ4n) is 2.21. The Bertz CT molecular complexity index is 525. The number of carboxylic acid groups (broad SMARTS) is 1. The highest BCUT2D eigenvalue weighted by molar-refractivity contribution is 7.87. The van der Waals surface area contributed by atoms with E-state index in [9.17, 15) is 26.4 Å². The van der Waals surface area contributed by atoms with Crippen LogP contribution in [0, 0.1) is 5.92 Å². The largest absolute Gasteiger partial charge is 0.480 e. The SMILES string of the molecule is C=C(C)CC(NS(=O)(=O)N1CCC(C(F)(F)F)CC1)C(=O)O. The molecule has 0 aromatic heterocycles. The van der Waals surface area contributed by atoms with E-state index in [0.717, 1.165) is 4.31 Å². The standard InChI is InChI=1S/C12H19F3N2O4S/c1-8(2)7-10(11(18)19)16-22(20,21)17-5-3-9(4-6-17)12(13,14)15/h9-10,16H,1,3-7H2,2H3,(H,18,19). The Balaban J connectivity index is 2.71. The van der Waals surface area contributed by atoms with Crippen molar-refractivity contribution in [3.05, 3.63) is 12.2 Å². The summed E-state index contributed by atoms with van der Waals surface area (Å²) >= 11 is 0. The van der Waals surface area contributed by atoms with Crippen LogP contribution < -0.4 is 4.72 Å². The number of alkyl halides is 3. The predicted molar refractivity (Wildman–Crippen MR) is 73.3 cm³/mol. The first-order valence-electron chi connectivity index (χ1n) is 6.65. The van der Waals surface area contributed by atoms with Crippen LogP contribution >= 0.6 is 0 Å². The Morgan fingerprint density at radius 1 is 1.41 bits per heavy atom. The van der Waals surface area contributed by atoms with Crippen LogP contribution in [-0.4, -0.2) is 49.1 Å². The summed E-state index contributed by atoms with van der Waals surface area (Å²) in [5, 5.41) is 9.00. The van der Waals surface area contributed by atoms with E-state index < -0.39 is 34.3 Å². The van der Waals surface area contributed by atoms with Crippen molar-refractivity contribution in [2.75, 3.05) is 13.1 Å². The number of carbonyl (C=O) groups is 1. The van der Waals surface area contributed by atoms with E-state index in [1.165, 1.54) is 0 Å². The van der Waals surface area contributed by atoms with Crippen LogP contribution in [0.1, 0.15) is 26.2 Å². The molecule has 22 heavy (non-hydrogen) atoms. The molecule has 1 unspecified atom stereocenters. The first kappa shape index (κ1) is 18.9. The molecule has 1 atom stereocenters. The highest BCUT2D eigenvalue weighted by Crippen LogP contribution is 2.34. The number of piperidine rings is 1. The number of hydrogen-bond donors (Lipinski definition) is 2. The van der Waals surface area contributed by atoms with Crippen molar-refractivity contribution >= 4 is 16.2 Å². The van der Waals surface area contributed by atoms with Crippen molar-refractivity contribution in [1.82, 2.24) is 9.03 Å². The number of nitrogens with zero attached hydrogens (tertiary/aromatic N) is 1. The van der Waals surface area contributed by atoms with Gasteiger partial charge in [0.15, 0.2) is 0 Å². The third-order valence-electron chi connectivity index (χ3n) is 3.40. The molecule has 128 valence electrons. The van der Waals surface area contributed by atoms with Gasteiger partial charge in [-0.2, -0.15) is 30.6 Å². The molecule has 1 rings (SSSR count). The van der Waals surface area contributed by atoms with Gasteiger partial charge < -0.3 is 5.11 Å². The number of carboxylic acids is 1. The lowest BCUT2D eigenvalue weighted by Gasteiger charge is -2.32. The zero-order chi connectivity index (χ0) is 17.1. The van der Waals surface area contributed by atoms with E-state index in [4.69, 9.17) is 5.11 Å². The van der Waals surface area contributed by atoms with Gasteiger partial charge in [-0.15, -0.1) is 6.58 Å². The van der Waals surface area contributed by atoms with E-state index in [-0.39, 0.29) is 32.4 Å². The zero-order valence-electron chi connectivity index (χ0n) is 12.1. The molecule has 0 spiro atoms. The number of rotatable bonds is 6. The maximum absolute atomic E-state index is 12.6. The van der Waals surface area contributed by atoms with Gasteiger partial charge in [-0.25, -0.2) is 0 Å². The van der Waals surface area contributed by atoms with Crippen molar-refractivity contribution < 1.29 is 31.5 Å². The molecule has 6 nitrogen and oxygen atoms in total. The molecule has 2 N–H and O–H groups in total. The van der Waals surface area contributed by atoms with Gasteiger partial charge in [-0.1, -0.05) is 5.57 Å². The summed E-state index contributed by atoms with van der Waals surface area (Å²) < 4.78 is 64.7. The molecule has 0 saturated carbocycles. The van der Waals surface area contributed by atoms with E-state index in [0.29, 0.717) is 5.57 Å². The molecule has 0 radical (unpaired) electrons. The summed E-state index contributed by atoms with van der Waals surface area (Å²) in [6.07, 6.45) is -5.09. The molecular weight excluding hydrogens is 325 g/mol. The minimum absolute atomic E-state index is 0.0897. The number of hydrogen-bond acceptors (Lipinski definition) is 3. The number of halogens is 3. The number of aliphatic carboxylic acids is 1. The summed E-state index contributed by atoms with van der Waals surface area (Å²) in [6.45, 7) is 4.49. The minimum Gasteiger partial charge on any atom is -0.480 e. The van der Waals surface area contributed by atoms with Gasteiger partial charge in [0.25, 0.3) is 10.2 Å². The molecule has 1 heterocycles. The molecule has 0 aliphatic carbocycles. The summed E-state index contributed by atoms with van der Waals surface area (Å²) in [6, 6.07) is -1.39. The molecule has 1 fully saturated rings. The molecule has 1 saturated heterocycles. The predicted octanol–water partition coefficient (Wildman–Crippen LogP) is 1.51. The van der Waals surface area contributed by atoms with E-state index in [2.05, 4.69) is 6.58 Å². The van der Waals surface area contributed by atoms with Gasteiger partial charge in [-0.3, -0.25) is 4.79 Å². The summed E-state index contributed by atoms with van der Waals surface area (Å²) in [4.78, 5) is 11.0. The average molecular weight is 344 g/mol. The highest BCUT2D eigenvalue weighted by Gasteiger charge is 2.43.